The fourth-order valence-corrected chi connectivity index (χ4v) is 9.77. The molecule has 0 radical (unpaired) electrons. The van der Waals surface area contributed by atoms with E-state index in [4.69, 9.17) is 14.2 Å². The number of fused-ring (bicyclic) bond motifs is 5. The molecule has 7 rings (SSSR count). The van der Waals surface area contributed by atoms with E-state index in [9.17, 15) is 36.4 Å². The number of benzene rings is 1. The Balaban J connectivity index is 1.26. The second-order valence-corrected chi connectivity index (χ2v) is 18.8. The fraction of sp³-hybridized carbons (Fsp3) is 0.625. The minimum absolute atomic E-state index is 0.110. The van der Waals surface area contributed by atoms with E-state index in [1.165, 1.54) is 12.0 Å². The number of amides is 3. The third kappa shape index (κ3) is 7.57. The molecule has 56 heavy (non-hydrogen) atoms. The molecular weight excluding hydrogens is 751 g/mol. The summed E-state index contributed by atoms with van der Waals surface area (Å²) >= 11 is 0. The van der Waals surface area contributed by atoms with E-state index in [1.54, 1.807) is 39.0 Å². The van der Waals surface area contributed by atoms with Crippen LogP contribution in [0, 0.1) is 11.8 Å². The lowest BCUT2D eigenvalue weighted by atomic mass is 9.87. The Morgan fingerprint density at radius 2 is 1.89 bits per heavy atom. The van der Waals surface area contributed by atoms with E-state index in [1.807, 2.05) is 12.2 Å². The van der Waals surface area contributed by atoms with Gasteiger partial charge in [0.1, 0.15) is 28.6 Å². The Morgan fingerprint density at radius 3 is 2.59 bits per heavy atom. The van der Waals surface area contributed by atoms with Gasteiger partial charge in [-0.2, -0.15) is 0 Å². The van der Waals surface area contributed by atoms with E-state index < -0.39 is 85.7 Å². The lowest BCUT2D eigenvalue weighted by Gasteiger charge is -2.37. The van der Waals surface area contributed by atoms with E-state index in [0.29, 0.717) is 54.3 Å². The van der Waals surface area contributed by atoms with Gasteiger partial charge < -0.3 is 24.4 Å². The minimum atomic E-state index is -4.04. The van der Waals surface area contributed by atoms with Gasteiger partial charge >= 0.3 is 5.97 Å². The molecule has 1 spiro atoms. The van der Waals surface area contributed by atoms with Crippen LogP contribution in [0.15, 0.2) is 30.4 Å². The number of hydrogen-bond donors (Lipinski definition) is 2. The number of carbonyl (C=O) groups is 4. The van der Waals surface area contributed by atoms with Gasteiger partial charge in [0.2, 0.25) is 21.8 Å². The summed E-state index contributed by atoms with van der Waals surface area (Å²) in [5.74, 6) is -3.57. The van der Waals surface area contributed by atoms with Gasteiger partial charge in [-0.05, 0) is 90.3 Å². The highest BCUT2D eigenvalue weighted by Crippen LogP contribution is 2.50. The molecule has 0 unspecified atom stereocenters. The number of aromatic nitrogens is 1. The van der Waals surface area contributed by atoms with Gasteiger partial charge in [0, 0.05) is 29.2 Å². The first-order chi connectivity index (χ1) is 26.5. The first kappa shape index (κ1) is 39.9. The number of halogens is 2. The number of sulfonamides is 1. The highest BCUT2D eigenvalue weighted by atomic mass is 32.2. The molecule has 5 aliphatic rings. The molecule has 1 saturated heterocycles. The number of carbonyl (C=O) groups excluding carboxylic acids is 4. The largest absolute Gasteiger partial charge is 0.497 e. The first-order valence-electron chi connectivity index (χ1n) is 19.5. The molecule has 2 N–H and O–H groups in total. The molecule has 2 saturated carbocycles. The Labute approximate surface area is 325 Å². The summed E-state index contributed by atoms with van der Waals surface area (Å²) in [6.45, 7) is 4.82. The predicted octanol–water partition coefficient (Wildman–Crippen LogP) is 5.20. The van der Waals surface area contributed by atoms with Crippen LogP contribution in [0.3, 0.4) is 0 Å². The van der Waals surface area contributed by atoms with Crippen LogP contribution in [0.25, 0.3) is 10.9 Å². The van der Waals surface area contributed by atoms with Gasteiger partial charge in [-0.25, -0.2) is 22.2 Å². The lowest BCUT2D eigenvalue weighted by molar-refractivity contribution is -0.153. The zero-order chi connectivity index (χ0) is 40.2. The molecule has 13 nitrogen and oxygen atoms in total. The molecule has 2 aliphatic carbocycles. The molecule has 1 aromatic carbocycles. The topological polar surface area (TPSA) is 170 Å². The number of methoxy groups -OCH3 is 1. The summed E-state index contributed by atoms with van der Waals surface area (Å²) < 4.78 is 74.3. The molecule has 304 valence electrons. The maximum atomic E-state index is 14.7. The summed E-state index contributed by atoms with van der Waals surface area (Å²) in [5.41, 5.74) is -2.60. The summed E-state index contributed by atoms with van der Waals surface area (Å²) in [5, 5.41) is 3.44. The highest BCUT2D eigenvalue weighted by Gasteiger charge is 2.64. The van der Waals surface area contributed by atoms with Crippen LogP contribution in [-0.4, -0.2) is 83.7 Å². The second kappa shape index (κ2) is 14.9. The van der Waals surface area contributed by atoms with Gasteiger partial charge in [-0.15, -0.1) is 0 Å². The van der Waals surface area contributed by atoms with Crippen LogP contribution in [-0.2, 0) is 40.4 Å². The van der Waals surface area contributed by atoms with Crippen LogP contribution in [0.4, 0.5) is 8.78 Å². The number of hydrogen-bond acceptors (Lipinski definition) is 10. The molecule has 16 heteroatoms. The normalized spacial score (nSPS) is 29.3. The molecule has 0 bridgehead atoms. The van der Waals surface area contributed by atoms with Crippen molar-refractivity contribution in [2.75, 3.05) is 13.7 Å². The highest BCUT2D eigenvalue weighted by molar-refractivity contribution is 7.91. The number of nitrogens with zero attached hydrogens (tertiary/aromatic N) is 2. The number of nitrogens with one attached hydrogen (secondary N) is 2. The third-order valence-electron chi connectivity index (χ3n) is 12.1. The zero-order valence-corrected chi connectivity index (χ0v) is 33.0. The maximum Gasteiger partial charge on any atom is 0.306 e. The molecule has 4 heterocycles. The van der Waals surface area contributed by atoms with Crippen molar-refractivity contribution in [1.29, 1.82) is 0 Å². The van der Waals surface area contributed by atoms with E-state index in [2.05, 4.69) is 15.0 Å². The average molecular weight is 801 g/mol. The number of aryl methyl sites for hydroxylation is 1. The molecule has 3 amide bonds. The second-order valence-electron chi connectivity index (χ2n) is 16.6. The standard InChI is InChI=1S/C40H50F2N4O9S/c1-23(2)54-31(47)18-24-10-8-6-5-7-9-11-25-20-40(25,37(50)45-56(51,52)38(3)16-17-38)44-35(48)30-21-39(22-46(30)36(24)49)15-14-27-28-19-26(53-4)12-13-29(28)43-32(34(41)42)33(27)55-39/h9,11-13,19,23-25,30,34H,5-8,10,14-18,20-22H2,1-4H3,(H,44,48)(H,45,50)/b11-9-/t24-,25-,30+,39-,40-/m1/s1. The number of alkyl halides is 2. The number of rotatable bonds is 8. The Kier molecular flexibility index (Phi) is 10.6. The van der Waals surface area contributed by atoms with Gasteiger partial charge in [-0.1, -0.05) is 25.0 Å². The van der Waals surface area contributed by atoms with E-state index >= 15 is 0 Å². The molecule has 2 aromatic rings. The van der Waals surface area contributed by atoms with Crippen molar-refractivity contribution in [2.45, 2.75) is 132 Å². The van der Waals surface area contributed by atoms with Gasteiger partial charge in [0.25, 0.3) is 12.3 Å². The first-order valence-corrected chi connectivity index (χ1v) is 21.0. The van der Waals surface area contributed by atoms with Crippen molar-refractivity contribution in [1.82, 2.24) is 19.9 Å². The van der Waals surface area contributed by atoms with Crippen molar-refractivity contribution in [3.05, 3.63) is 41.6 Å². The quantitative estimate of drug-likeness (QED) is 0.268. The van der Waals surface area contributed by atoms with Crippen molar-refractivity contribution in [3.63, 3.8) is 0 Å². The zero-order valence-electron chi connectivity index (χ0n) is 32.2. The van der Waals surface area contributed by atoms with E-state index in [0.717, 1.165) is 12.8 Å². The van der Waals surface area contributed by atoms with Gasteiger partial charge in [-0.3, -0.25) is 23.9 Å². The van der Waals surface area contributed by atoms with E-state index in [-0.39, 0.29) is 44.4 Å². The summed E-state index contributed by atoms with van der Waals surface area (Å²) in [6, 6.07) is 3.71. The summed E-state index contributed by atoms with van der Waals surface area (Å²) in [6.07, 6.45) is 4.60. The lowest BCUT2D eigenvalue weighted by Crippen LogP contribution is -2.57. The maximum absolute atomic E-state index is 14.7. The number of ether oxygens (including phenoxy) is 3. The van der Waals surface area contributed by atoms with Crippen molar-refractivity contribution in [2.24, 2.45) is 11.8 Å². The van der Waals surface area contributed by atoms with Crippen LogP contribution < -0.4 is 19.5 Å². The third-order valence-corrected chi connectivity index (χ3v) is 14.3. The van der Waals surface area contributed by atoms with Crippen molar-refractivity contribution < 1.29 is 50.6 Å². The Hall–Kier alpha value is -4.34. The smallest absolute Gasteiger partial charge is 0.306 e. The van der Waals surface area contributed by atoms with Crippen LogP contribution in [0.2, 0.25) is 0 Å². The van der Waals surface area contributed by atoms with Crippen LogP contribution in [0.1, 0.15) is 109 Å². The van der Waals surface area contributed by atoms with Crippen LogP contribution >= 0.6 is 0 Å². The predicted molar refractivity (Wildman–Crippen MR) is 200 cm³/mol. The number of esters is 1. The fourth-order valence-electron chi connectivity index (χ4n) is 8.45. The summed E-state index contributed by atoms with van der Waals surface area (Å²) in [7, 11) is -2.55. The Bertz CT molecular complexity index is 2070. The number of allylic oxidation sites excluding steroid dienone is 1. The Morgan fingerprint density at radius 1 is 1.12 bits per heavy atom. The summed E-state index contributed by atoms with van der Waals surface area (Å²) in [4.78, 5) is 61.8. The monoisotopic (exact) mass is 800 g/mol. The molecule has 1 aromatic heterocycles. The van der Waals surface area contributed by atoms with Crippen molar-refractivity contribution in [3.8, 4) is 11.5 Å². The molecular formula is C40H50F2N4O9S. The van der Waals surface area contributed by atoms with Gasteiger partial charge in [0.15, 0.2) is 5.75 Å². The molecule has 5 atom stereocenters. The average Bonchev–Trinajstić information content (AvgIpc) is 4.03. The SMILES string of the molecule is COc1ccc2nc(C(F)F)c3c(c2c1)CC[C@]1(C[C@H]2C(=O)N[C@]4(C(=O)NS(=O)(=O)C5(C)CC5)C[C@H]4/C=C\CCCCC[C@H](CC(=O)OC(C)C)C(=O)N2C1)O3. The number of pyridine rings is 1. The van der Waals surface area contributed by atoms with Crippen LogP contribution in [0.5, 0.6) is 11.5 Å². The van der Waals surface area contributed by atoms with Crippen molar-refractivity contribution >= 4 is 44.6 Å². The molecule has 3 aliphatic heterocycles. The molecule has 3 fully saturated rings. The van der Waals surface area contributed by atoms with Gasteiger partial charge in [0.05, 0.1) is 36.4 Å². The minimum Gasteiger partial charge on any atom is -0.497 e.